The van der Waals surface area contributed by atoms with Crippen LogP contribution in [0.2, 0.25) is 0 Å². The Bertz CT molecular complexity index is 957. The molecule has 0 unspecified atom stereocenters. The minimum absolute atomic E-state index is 0.0835. The summed E-state index contributed by atoms with van der Waals surface area (Å²) in [5.41, 5.74) is 7.10. The van der Waals surface area contributed by atoms with E-state index in [-0.39, 0.29) is 12.3 Å². The summed E-state index contributed by atoms with van der Waals surface area (Å²) < 4.78 is 43.3. The molecule has 3 N–H and O–H groups in total. The molecule has 0 aliphatic carbocycles. The van der Waals surface area contributed by atoms with Crippen LogP contribution in [0.3, 0.4) is 0 Å². The van der Waals surface area contributed by atoms with Crippen molar-refractivity contribution in [2.75, 3.05) is 112 Å². The van der Waals surface area contributed by atoms with Crippen molar-refractivity contribution < 1.29 is 42.7 Å². The maximum absolute atomic E-state index is 12.1. The number of carbonyl (C=O) groups excluding carboxylic acids is 1. The van der Waals surface area contributed by atoms with Crippen LogP contribution in [0.15, 0.2) is 24.3 Å². The molecule has 1 heterocycles. The average Bonchev–Trinajstić information content (AvgIpc) is 3.04. The number of nitrogens with zero attached hydrogens (tertiary/aromatic N) is 4. The van der Waals surface area contributed by atoms with E-state index in [2.05, 4.69) is 25.7 Å². The molecule has 1 aromatic carbocycles. The Kier molecular flexibility index (Phi) is 22.7. The van der Waals surface area contributed by atoms with Gasteiger partial charge in [-0.1, -0.05) is 24.3 Å². The summed E-state index contributed by atoms with van der Waals surface area (Å²) in [5, 5.41) is 18.7. The number of hydrogen-bond donors (Lipinski definition) is 2. The van der Waals surface area contributed by atoms with Crippen LogP contribution in [0.1, 0.15) is 17.8 Å². The van der Waals surface area contributed by atoms with E-state index in [4.69, 9.17) is 43.6 Å². The summed E-state index contributed by atoms with van der Waals surface area (Å²) >= 11 is 0. The maximum Gasteiger partial charge on any atom is 0.222 e. The molecule has 1 aromatic heterocycles. The van der Waals surface area contributed by atoms with Crippen LogP contribution in [-0.4, -0.2) is 139 Å². The molecule has 0 atom stereocenters. The van der Waals surface area contributed by atoms with Gasteiger partial charge in [0, 0.05) is 25.1 Å². The molecule has 15 nitrogen and oxygen atoms in total. The van der Waals surface area contributed by atoms with E-state index in [1.165, 1.54) is 0 Å². The van der Waals surface area contributed by atoms with Crippen LogP contribution in [0.5, 0.6) is 0 Å². The van der Waals surface area contributed by atoms with Crippen molar-refractivity contribution >= 4 is 5.91 Å². The van der Waals surface area contributed by atoms with E-state index in [0.717, 1.165) is 11.1 Å². The number of amides is 1. The predicted molar refractivity (Wildman–Crippen MR) is 160 cm³/mol. The fraction of sp³-hybridized carbons (Fsp3) is 0.690. The third-order valence-corrected chi connectivity index (χ3v) is 5.62. The lowest BCUT2D eigenvalue weighted by Crippen LogP contribution is -2.24. The first kappa shape index (κ1) is 37.5. The first-order chi connectivity index (χ1) is 21.7. The lowest BCUT2D eigenvalue weighted by atomic mass is 10.1. The van der Waals surface area contributed by atoms with E-state index < -0.39 is 0 Å². The first-order valence-electron chi connectivity index (χ1n) is 14.9. The van der Waals surface area contributed by atoms with Gasteiger partial charge in [0.25, 0.3) is 0 Å². The Hall–Kier alpha value is -2.73. The predicted octanol–water partition coefficient (Wildman–Crippen LogP) is 0.340. The second-order valence-electron chi connectivity index (χ2n) is 9.18. The molecule has 2 aromatic rings. The highest BCUT2D eigenvalue weighted by Gasteiger charge is 2.05. The maximum atomic E-state index is 12.1. The Labute approximate surface area is 259 Å². The van der Waals surface area contributed by atoms with Gasteiger partial charge in [-0.25, -0.2) is 0 Å². The smallest absolute Gasteiger partial charge is 0.222 e. The number of nitrogens with two attached hydrogens (primary N) is 1. The van der Waals surface area contributed by atoms with Crippen LogP contribution in [-0.2, 0) is 49.2 Å². The molecule has 0 aliphatic heterocycles. The number of hydrogen-bond acceptors (Lipinski definition) is 14. The Morgan fingerprint density at radius 2 is 0.977 bits per heavy atom. The molecule has 2 rings (SSSR count). The van der Waals surface area contributed by atoms with Gasteiger partial charge in [0.1, 0.15) is 0 Å². The second kappa shape index (κ2) is 26.7. The third kappa shape index (κ3) is 20.3. The van der Waals surface area contributed by atoms with Crippen molar-refractivity contribution in [3.63, 3.8) is 0 Å². The van der Waals surface area contributed by atoms with Crippen molar-refractivity contribution in [3.8, 4) is 11.4 Å². The second-order valence-corrected chi connectivity index (χ2v) is 9.18. The summed E-state index contributed by atoms with van der Waals surface area (Å²) in [6.07, 6.45) is 0.275. The average molecular weight is 625 g/mol. The van der Waals surface area contributed by atoms with Crippen molar-refractivity contribution in [2.24, 2.45) is 5.73 Å². The zero-order valence-electron chi connectivity index (χ0n) is 25.8. The standard InChI is InChI=1S/C29H48N6O9/c1-25-32-34-29(35-33-25)27-4-2-26(3-5-27)24-31-28(36)6-8-37-10-12-39-14-16-41-18-20-43-22-23-44-21-19-42-17-15-40-13-11-38-9-7-30/h2-5H,6-24,30H2,1H3,(H,31,36). The molecule has 0 radical (unpaired) electrons. The molecule has 0 fully saturated rings. The molecule has 0 bridgehead atoms. The van der Waals surface area contributed by atoms with Crippen LogP contribution in [0.25, 0.3) is 11.4 Å². The number of carbonyl (C=O) groups is 1. The molecular weight excluding hydrogens is 576 g/mol. The molecule has 0 spiro atoms. The Morgan fingerprint density at radius 1 is 0.591 bits per heavy atom. The molecule has 0 saturated carbocycles. The largest absolute Gasteiger partial charge is 0.379 e. The van der Waals surface area contributed by atoms with Gasteiger partial charge >= 0.3 is 0 Å². The summed E-state index contributed by atoms with van der Waals surface area (Å²) in [6, 6.07) is 7.56. The molecule has 0 aliphatic rings. The quantitative estimate of drug-likeness (QED) is 0.118. The van der Waals surface area contributed by atoms with Gasteiger partial charge in [-0.05, 0) is 12.5 Å². The lowest BCUT2D eigenvalue weighted by Gasteiger charge is -2.09. The van der Waals surface area contributed by atoms with Crippen LogP contribution in [0, 0.1) is 6.92 Å². The van der Waals surface area contributed by atoms with E-state index in [1.807, 2.05) is 24.3 Å². The van der Waals surface area contributed by atoms with Crippen molar-refractivity contribution in [1.82, 2.24) is 25.7 Å². The molecule has 248 valence electrons. The monoisotopic (exact) mass is 624 g/mol. The topological polar surface area (TPSA) is 181 Å². The van der Waals surface area contributed by atoms with Crippen LogP contribution in [0.4, 0.5) is 0 Å². The van der Waals surface area contributed by atoms with Gasteiger partial charge in [-0.3, -0.25) is 4.79 Å². The number of aromatic nitrogens is 4. The molecular formula is C29H48N6O9. The highest BCUT2D eigenvalue weighted by molar-refractivity contribution is 5.76. The SMILES string of the molecule is Cc1nnc(-c2ccc(CNC(=O)CCOCCOCCOCCOCCOCCOCCOCCOCCN)cc2)nn1. The number of benzene rings is 1. The molecule has 1 amide bonds. The zero-order valence-corrected chi connectivity index (χ0v) is 25.8. The minimum atomic E-state index is -0.0835. The molecule has 15 heteroatoms. The van der Waals surface area contributed by atoms with E-state index in [0.29, 0.717) is 130 Å². The van der Waals surface area contributed by atoms with Gasteiger partial charge < -0.3 is 48.9 Å². The minimum Gasteiger partial charge on any atom is -0.379 e. The third-order valence-electron chi connectivity index (χ3n) is 5.62. The van der Waals surface area contributed by atoms with Gasteiger partial charge in [0.05, 0.1) is 106 Å². The fourth-order valence-corrected chi connectivity index (χ4v) is 3.35. The molecule has 44 heavy (non-hydrogen) atoms. The van der Waals surface area contributed by atoms with Gasteiger partial charge in [-0.15, -0.1) is 20.4 Å². The van der Waals surface area contributed by atoms with Gasteiger partial charge in [0.2, 0.25) is 11.7 Å². The van der Waals surface area contributed by atoms with Crippen molar-refractivity contribution in [2.45, 2.75) is 19.9 Å². The lowest BCUT2D eigenvalue weighted by molar-refractivity contribution is -0.122. The fourth-order valence-electron chi connectivity index (χ4n) is 3.35. The van der Waals surface area contributed by atoms with Gasteiger partial charge in [0.15, 0.2) is 5.82 Å². The zero-order chi connectivity index (χ0) is 31.3. The summed E-state index contributed by atoms with van der Waals surface area (Å²) in [6.45, 7) is 10.4. The van der Waals surface area contributed by atoms with Crippen LogP contribution < -0.4 is 11.1 Å². The van der Waals surface area contributed by atoms with Crippen molar-refractivity contribution in [1.29, 1.82) is 0 Å². The van der Waals surface area contributed by atoms with Gasteiger partial charge in [-0.2, -0.15) is 0 Å². The number of aryl methyl sites for hydroxylation is 1. The molecule has 0 saturated heterocycles. The Balaban J connectivity index is 1.27. The summed E-state index contributed by atoms with van der Waals surface area (Å²) in [4.78, 5) is 12.1. The normalized spacial score (nSPS) is 11.2. The Morgan fingerprint density at radius 3 is 1.39 bits per heavy atom. The summed E-state index contributed by atoms with van der Waals surface area (Å²) in [5.74, 6) is 0.895. The van der Waals surface area contributed by atoms with E-state index in [9.17, 15) is 4.79 Å². The number of rotatable bonds is 29. The van der Waals surface area contributed by atoms with E-state index >= 15 is 0 Å². The summed E-state index contributed by atoms with van der Waals surface area (Å²) in [7, 11) is 0. The number of ether oxygens (including phenoxy) is 8. The van der Waals surface area contributed by atoms with Crippen molar-refractivity contribution in [3.05, 3.63) is 35.7 Å². The highest BCUT2D eigenvalue weighted by atomic mass is 16.6. The number of nitrogens with one attached hydrogen (secondary N) is 1. The van der Waals surface area contributed by atoms with Crippen LogP contribution >= 0.6 is 0 Å². The highest BCUT2D eigenvalue weighted by Crippen LogP contribution is 2.14. The first-order valence-corrected chi connectivity index (χ1v) is 14.9. The van der Waals surface area contributed by atoms with E-state index in [1.54, 1.807) is 6.92 Å².